The molecule has 2 aliphatic rings. The van der Waals surface area contributed by atoms with Crippen LogP contribution in [0, 0.1) is 11.3 Å². The first-order chi connectivity index (χ1) is 9.51. The fourth-order valence-corrected chi connectivity index (χ4v) is 3.91. The molecule has 0 spiro atoms. The van der Waals surface area contributed by atoms with Crippen LogP contribution in [0.3, 0.4) is 0 Å². The van der Waals surface area contributed by atoms with Crippen molar-refractivity contribution >= 4 is 5.96 Å². The lowest BCUT2D eigenvalue weighted by Crippen LogP contribution is -2.44. The number of aliphatic imine (C=N–C) groups is 1. The lowest BCUT2D eigenvalue weighted by atomic mass is 9.86. The topological polar surface area (TPSA) is 44.9 Å². The molecule has 4 heteroatoms. The molecular formula is C16H32N4. The summed E-state index contributed by atoms with van der Waals surface area (Å²) < 4.78 is 0. The summed E-state index contributed by atoms with van der Waals surface area (Å²) in [5.41, 5.74) is 6.61. The second-order valence-electron chi connectivity index (χ2n) is 7.31. The van der Waals surface area contributed by atoms with Gasteiger partial charge >= 0.3 is 0 Å². The monoisotopic (exact) mass is 280 g/mol. The fraction of sp³-hybridized carbons (Fsp3) is 0.938. The maximum atomic E-state index is 6.24. The number of nitrogens with zero attached hydrogens (tertiary/aromatic N) is 3. The van der Waals surface area contributed by atoms with Gasteiger partial charge in [0.15, 0.2) is 5.96 Å². The minimum atomic E-state index is 0.371. The number of guanidine groups is 1. The highest BCUT2D eigenvalue weighted by Gasteiger charge is 2.34. The molecule has 1 saturated heterocycles. The Balaban J connectivity index is 1.94. The molecule has 20 heavy (non-hydrogen) atoms. The second-order valence-corrected chi connectivity index (χ2v) is 7.31. The van der Waals surface area contributed by atoms with E-state index in [1.807, 2.05) is 0 Å². The maximum absolute atomic E-state index is 6.24. The Bertz CT molecular complexity index is 331. The van der Waals surface area contributed by atoms with E-state index in [4.69, 9.17) is 10.7 Å². The molecule has 0 amide bonds. The zero-order valence-electron chi connectivity index (χ0n) is 13.6. The molecule has 2 N–H and O–H groups in total. The SMILES string of the molecule is CC1CCCN(C(N)=NCC2(CN(C)C)CCCC2)C1. The third-order valence-electron chi connectivity index (χ3n) is 4.87. The number of rotatable bonds is 4. The van der Waals surface area contributed by atoms with E-state index >= 15 is 0 Å². The second kappa shape index (κ2) is 6.79. The zero-order chi connectivity index (χ0) is 14.6. The highest BCUT2D eigenvalue weighted by molar-refractivity contribution is 5.78. The molecule has 1 heterocycles. The van der Waals surface area contributed by atoms with E-state index in [0.29, 0.717) is 5.41 Å². The predicted octanol–water partition coefficient (Wildman–Crippen LogP) is 2.15. The van der Waals surface area contributed by atoms with Gasteiger partial charge in [0.1, 0.15) is 0 Å². The highest BCUT2D eigenvalue weighted by atomic mass is 15.3. The Hall–Kier alpha value is -0.770. The third kappa shape index (κ3) is 4.11. The van der Waals surface area contributed by atoms with E-state index in [-0.39, 0.29) is 0 Å². The van der Waals surface area contributed by atoms with Gasteiger partial charge in [-0.25, -0.2) is 0 Å². The number of piperidine rings is 1. The average molecular weight is 280 g/mol. The van der Waals surface area contributed by atoms with E-state index in [1.165, 1.54) is 38.5 Å². The number of likely N-dealkylation sites (tertiary alicyclic amines) is 1. The number of hydrogen-bond acceptors (Lipinski definition) is 2. The minimum absolute atomic E-state index is 0.371. The summed E-state index contributed by atoms with van der Waals surface area (Å²) in [5, 5.41) is 0. The molecule has 2 fully saturated rings. The first-order valence-electron chi connectivity index (χ1n) is 8.20. The molecule has 116 valence electrons. The molecule has 1 unspecified atom stereocenters. The Morgan fingerprint density at radius 3 is 2.60 bits per heavy atom. The summed E-state index contributed by atoms with van der Waals surface area (Å²) in [6.07, 6.45) is 7.89. The van der Waals surface area contributed by atoms with Crippen LogP contribution in [0.15, 0.2) is 4.99 Å². The van der Waals surface area contributed by atoms with Crippen LogP contribution in [0.2, 0.25) is 0 Å². The van der Waals surface area contributed by atoms with Crippen molar-refractivity contribution in [2.45, 2.75) is 45.4 Å². The quantitative estimate of drug-likeness (QED) is 0.634. The predicted molar refractivity (Wildman–Crippen MR) is 85.9 cm³/mol. The van der Waals surface area contributed by atoms with E-state index in [9.17, 15) is 0 Å². The molecule has 0 aromatic heterocycles. The lowest BCUT2D eigenvalue weighted by Gasteiger charge is -2.34. The van der Waals surface area contributed by atoms with Crippen LogP contribution in [-0.4, -0.2) is 56.0 Å². The van der Waals surface area contributed by atoms with E-state index < -0.39 is 0 Å². The van der Waals surface area contributed by atoms with Gasteiger partial charge in [0.2, 0.25) is 0 Å². The summed E-state index contributed by atoms with van der Waals surface area (Å²) >= 11 is 0. The molecular weight excluding hydrogens is 248 g/mol. The molecule has 4 nitrogen and oxygen atoms in total. The van der Waals surface area contributed by atoms with Crippen molar-refractivity contribution in [2.24, 2.45) is 22.1 Å². The molecule has 0 aromatic carbocycles. The molecule has 0 bridgehead atoms. The molecule has 1 aliphatic carbocycles. The van der Waals surface area contributed by atoms with Gasteiger partial charge in [0.05, 0.1) is 0 Å². The van der Waals surface area contributed by atoms with Gasteiger partial charge in [-0.1, -0.05) is 19.8 Å². The van der Waals surface area contributed by atoms with Crippen molar-refractivity contribution in [3.05, 3.63) is 0 Å². The van der Waals surface area contributed by atoms with Gasteiger partial charge in [-0.2, -0.15) is 0 Å². The molecule has 1 atom stereocenters. The van der Waals surface area contributed by atoms with Crippen molar-refractivity contribution in [2.75, 3.05) is 40.3 Å². The van der Waals surface area contributed by atoms with Gasteiger partial charge in [-0.3, -0.25) is 4.99 Å². The van der Waals surface area contributed by atoms with Crippen molar-refractivity contribution in [3.8, 4) is 0 Å². The summed E-state index contributed by atoms with van der Waals surface area (Å²) in [6, 6.07) is 0. The smallest absolute Gasteiger partial charge is 0.191 e. The van der Waals surface area contributed by atoms with Gasteiger partial charge < -0.3 is 15.5 Å². The van der Waals surface area contributed by atoms with Crippen molar-refractivity contribution < 1.29 is 0 Å². The summed E-state index contributed by atoms with van der Waals surface area (Å²) in [6.45, 7) is 6.52. The normalized spacial score (nSPS) is 27.3. The molecule has 0 radical (unpaired) electrons. The van der Waals surface area contributed by atoms with Crippen molar-refractivity contribution in [3.63, 3.8) is 0 Å². The summed E-state index contributed by atoms with van der Waals surface area (Å²) in [7, 11) is 4.33. The highest BCUT2D eigenvalue weighted by Crippen LogP contribution is 2.38. The van der Waals surface area contributed by atoms with E-state index in [1.54, 1.807) is 0 Å². The Labute approximate surface area is 124 Å². The Kier molecular flexibility index (Phi) is 5.30. The fourth-order valence-electron chi connectivity index (χ4n) is 3.91. The van der Waals surface area contributed by atoms with Gasteiger partial charge in [-0.15, -0.1) is 0 Å². The maximum Gasteiger partial charge on any atom is 0.191 e. The van der Waals surface area contributed by atoms with Gasteiger partial charge in [-0.05, 0) is 45.7 Å². The third-order valence-corrected chi connectivity index (χ3v) is 4.87. The molecule has 1 saturated carbocycles. The first-order valence-corrected chi connectivity index (χ1v) is 8.20. The molecule has 1 aliphatic heterocycles. The van der Waals surface area contributed by atoms with Crippen LogP contribution in [0.4, 0.5) is 0 Å². The molecule has 2 rings (SSSR count). The van der Waals surface area contributed by atoms with Crippen LogP contribution in [0.1, 0.15) is 45.4 Å². The van der Waals surface area contributed by atoms with Crippen LogP contribution in [0.25, 0.3) is 0 Å². The number of nitrogens with two attached hydrogens (primary N) is 1. The van der Waals surface area contributed by atoms with E-state index in [0.717, 1.165) is 38.1 Å². The summed E-state index contributed by atoms with van der Waals surface area (Å²) in [5.74, 6) is 1.53. The van der Waals surface area contributed by atoms with Crippen LogP contribution >= 0.6 is 0 Å². The van der Waals surface area contributed by atoms with Crippen LogP contribution in [0.5, 0.6) is 0 Å². The first kappa shape index (κ1) is 15.6. The largest absolute Gasteiger partial charge is 0.370 e. The van der Waals surface area contributed by atoms with Crippen molar-refractivity contribution in [1.29, 1.82) is 0 Å². The van der Waals surface area contributed by atoms with Crippen molar-refractivity contribution in [1.82, 2.24) is 9.80 Å². The van der Waals surface area contributed by atoms with Crippen LogP contribution < -0.4 is 5.73 Å². The van der Waals surface area contributed by atoms with Gasteiger partial charge in [0, 0.05) is 31.6 Å². The standard InChI is InChI=1S/C16H32N4/c1-14-7-6-10-20(11-14)15(17)18-12-16(13-19(2)3)8-4-5-9-16/h14H,4-13H2,1-3H3,(H2,17,18). The Morgan fingerprint density at radius 1 is 1.30 bits per heavy atom. The minimum Gasteiger partial charge on any atom is -0.370 e. The molecule has 0 aromatic rings. The van der Waals surface area contributed by atoms with E-state index in [2.05, 4.69) is 30.8 Å². The zero-order valence-corrected chi connectivity index (χ0v) is 13.6. The van der Waals surface area contributed by atoms with Gasteiger partial charge in [0.25, 0.3) is 0 Å². The number of hydrogen-bond donors (Lipinski definition) is 1. The summed E-state index contributed by atoms with van der Waals surface area (Å²) in [4.78, 5) is 9.37. The lowest BCUT2D eigenvalue weighted by molar-refractivity contribution is 0.208. The van der Waals surface area contributed by atoms with Crippen LogP contribution in [-0.2, 0) is 0 Å². The average Bonchev–Trinajstić information content (AvgIpc) is 2.84. The Morgan fingerprint density at radius 2 is 2.00 bits per heavy atom.